The minimum atomic E-state index is -0.643. The summed E-state index contributed by atoms with van der Waals surface area (Å²) in [4.78, 5) is 14.6. The van der Waals surface area contributed by atoms with Crippen molar-refractivity contribution in [1.82, 2.24) is 5.32 Å². The standard InChI is InChI=1S/C74H98FNO8/c1-2-3-4-5-6-7-8-9-10-11-14-32-45-68(79-53-60-35-22-16-23-36-60)72(82-55-62-39-26-18-27-40-62)67(76-70(78)46-33-15-12-13-21-34-59-47-49-66(75)50-48-59)58-80-69-51-65(52-77)71(81-54-61-37-24-17-25-38-61)74(84-57-64-43-30-20-31-44-64)73(69)83-56-63-41-28-19-29-42-63/h16-20,22-31,35-44,47-50,65,67-69,71-74,77H,2-15,21,32-34,45-46,51-58H2,1H3,(H,76,78)/t65-,67+,68-,69+,71+,72+,73+,74+/m1/s1. The van der Waals surface area contributed by atoms with E-state index in [0.29, 0.717) is 45.9 Å². The van der Waals surface area contributed by atoms with E-state index in [1.54, 1.807) is 0 Å². The van der Waals surface area contributed by atoms with Crippen LogP contribution in [0.4, 0.5) is 4.39 Å². The molecule has 1 amide bonds. The first-order valence-electron chi connectivity index (χ1n) is 32.0. The SMILES string of the molecule is CCCCCCCCCCCCCC[C@@H](OCc1ccccc1)[C@@H](OCc1ccccc1)[C@H](CO[C@H]1C[C@H](CO)[C@H](OCc2ccccc2)[C@H](OCc2ccccc2)[C@H]1OCc1ccccc1)NC(=O)CCCCCCCc1ccc(F)cc1. The second-order valence-corrected chi connectivity index (χ2v) is 23.2. The van der Waals surface area contributed by atoms with Crippen LogP contribution in [0, 0.1) is 11.7 Å². The van der Waals surface area contributed by atoms with Gasteiger partial charge in [0.1, 0.15) is 24.1 Å². The summed E-state index contributed by atoms with van der Waals surface area (Å²) in [5.74, 6) is -0.646. The van der Waals surface area contributed by atoms with Gasteiger partial charge in [0, 0.05) is 18.9 Å². The number of hydrogen-bond acceptors (Lipinski definition) is 8. The number of aryl methyl sites for hydroxylation is 1. The third kappa shape index (κ3) is 24.8. The van der Waals surface area contributed by atoms with Gasteiger partial charge in [-0.1, -0.05) is 267 Å². The average Bonchev–Trinajstić information content (AvgIpc) is 3.70. The molecule has 0 aliphatic heterocycles. The van der Waals surface area contributed by atoms with Crippen LogP contribution < -0.4 is 5.32 Å². The van der Waals surface area contributed by atoms with E-state index in [-0.39, 0.29) is 30.9 Å². The number of aliphatic hydroxyl groups excluding tert-OH is 1. The summed E-state index contributed by atoms with van der Waals surface area (Å²) in [6.45, 7) is 3.84. The molecule has 10 heteroatoms. The molecule has 9 nitrogen and oxygen atoms in total. The van der Waals surface area contributed by atoms with Crippen molar-refractivity contribution in [3.63, 3.8) is 0 Å². The summed E-state index contributed by atoms with van der Waals surface area (Å²) in [6.07, 6.45) is 18.6. The highest BCUT2D eigenvalue weighted by atomic mass is 19.1. The summed E-state index contributed by atoms with van der Waals surface area (Å²) in [6, 6.07) is 57.0. The summed E-state index contributed by atoms with van der Waals surface area (Å²) in [7, 11) is 0. The molecule has 0 heterocycles. The number of ether oxygens (including phenoxy) is 6. The van der Waals surface area contributed by atoms with E-state index in [1.165, 1.54) is 69.9 Å². The molecule has 1 aliphatic carbocycles. The Balaban J connectivity index is 1.15. The van der Waals surface area contributed by atoms with Gasteiger partial charge in [-0.15, -0.1) is 0 Å². The number of amides is 1. The van der Waals surface area contributed by atoms with Crippen LogP contribution in [0.1, 0.15) is 169 Å². The predicted octanol–water partition coefficient (Wildman–Crippen LogP) is 16.6. The van der Waals surface area contributed by atoms with Crippen LogP contribution in [-0.2, 0) is 72.7 Å². The zero-order valence-corrected chi connectivity index (χ0v) is 50.3. The van der Waals surface area contributed by atoms with E-state index >= 15 is 0 Å². The topological polar surface area (TPSA) is 105 Å². The Labute approximate surface area is 503 Å². The lowest BCUT2D eigenvalue weighted by atomic mass is 9.80. The lowest BCUT2D eigenvalue weighted by Crippen LogP contribution is -2.59. The number of nitrogens with one attached hydrogen (secondary N) is 1. The molecule has 2 N–H and O–H groups in total. The maximum absolute atomic E-state index is 14.6. The van der Waals surface area contributed by atoms with E-state index in [2.05, 4.69) is 48.6 Å². The number of hydrogen-bond donors (Lipinski definition) is 2. The molecule has 0 bridgehead atoms. The van der Waals surface area contributed by atoms with E-state index in [9.17, 15) is 14.3 Å². The van der Waals surface area contributed by atoms with Crippen molar-refractivity contribution >= 4 is 5.91 Å². The number of halogens is 1. The Bertz CT molecular complexity index is 2580. The molecule has 1 saturated carbocycles. The van der Waals surface area contributed by atoms with Gasteiger partial charge in [0.15, 0.2) is 0 Å². The van der Waals surface area contributed by atoms with Gasteiger partial charge in [-0.3, -0.25) is 4.79 Å². The van der Waals surface area contributed by atoms with Gasteiger partial charge in [0.05, 0.1) is 64.0 Å². The molecule has 454 valence electrons. The summed E-state index contributed by atoms with van der Waals surface area (Å²) in [5, 5.41) is 14.9. The van der Waals surface area contributed by atoms with Gasteiger partial charge >= 0.3 is 0 Å². The van der Waals surface area contributed by atoms with Gasteiger partial charge in [-0.05, 0) is 77.6 Å². The van der Waals surface area contributed by atoms with Crippen LogP contribution in [0.25, 0.3) is 0 Å². The fraction of sp³-hybridized carbons (Fsp3) is 0.500. The van der Waals surface area contributed by atoms with E-state index in [1.807, 2.05) is 127 Å². The fourth-order valence-corrected chi connectivity index (χ4v) is 11.6. The second kappa shape index (κ2) is 39.9. The van der Waals surface area contributed by atoms with Crippen molar-refractivity contribution in [1.29, 1.82) is 0 Å². The number of carbonyl (C=O) groups excluding carboxylic acids is 1. The molecule has 0 aromatic heterocycles. The third-order valence-corrected chi connectivity index (χ3v) is 16.4. The van der Waals surface area contributed by atoms with Crippen LogP contribution in [0.2, 0.25) is 0 Å². The van der Waals surface area contributed by atoms with Gasteiger partial charge in [0.2, 0.25) is 5.91 Å². The summed E-state index contributed by atoms with van der Waals surface area (Å²) in [5.41, 5.74) is 6.25. The van der Waals surface area contributed by atoms with Crippen LogP contribution in [0.3, 0.4) is 0 Å². The molecular weight excluding hydrogens is 1050 g/mol. The van der Waals surface area contributed by atoms with Gasteiger partial charge in [-0.25, -0.2) is 4.39 Å². The number of rotatable bonds is 43. The number of unbranched alkanes of at least 4 members (excludes halogenated alkanes) is 15. The first-order chi connectivity index (χ1) is 41.4. The Kier molecular flexibility index (Phi) is 31.4. The van der Waals surface area contributed by atoms with Crippen molar-refractivity contribution in [2.24, 2.45) is 5.92 Å². The molecule has 0 spiro atoms. The summed E-state index contributed by atoms with van der Waals surface area (Å²) < 4.78 is 56.0. The van der Waals surface area contributed by atoms with E-state index < -0.39 is 42.7 Å². The predicted molar refractivity (Wildman–Crippen MR) is 335 cm³/mol. The zero-order chi connectivity index (χ0) is 58.5. The zero-order valence-electron chi connectivity index (χ0n) is 50.3. The quantitative estimate of drug-likeness (QED) is 0.0365. The molecule has 84 heavy (non-hydrogen) atoms. The van der Waals surface area contributed by atoms with Crippen molar-refractivity contribution in [2.45, 2.75) is 217 Å². The van der Waals surface area contributed by atoms with Gasteiger partial charge in [-0.2, -0.15) is 0 Å². The Morgan fingerprint density at radius 3 is 1.40 bits per heavy atom. The van der Waals surface area contributed by atoms with Gasteiger partial charge < -0.3 is 38.8 Å². The Morgan fingerprint density at radius 2 is 0.905 bits per heavy atom. The minimum absolute atomic E-state index is 0.0670. The Morgan fingerprint density at radius 1 is 0.476 bits per heavy atom. The van der Waals surface area contributed by atoms with Crippen molar-refractivity contribution in [2.75, 3.05) is 13.2 Å². The largest absolute Gasteiger partial charge is 0.396 e. The molecule has 1 fully saturated rings. The van der Waals surface area contributed by atoms with Crippen LogP contribution in [0.15, 0.2) is 176 Å². The highest BCUT2D eigenvalue weighted by molar-refractivity contribution is 5.76. The van der Waals surface area contributed by atoms with E-state index in [0.717, 1.165) is 97.6 Å². The Hall–Kier alpha value is -5.56. The maximum atomic E-state index is 14.6. The maximum Gasteiger partial charge on any atom is 0.220 e. The van der Waals surface area contributed by atoms with Crippen molar-refractivity contribution in [3.8, 4) is 0 Å². The number of benzene rings is 6. The molecule has 6 aromatic carbocycles. The first-order valence-corrected chi connectivity index (χ1v) is 32.0. The second-order valence-electron chi connectivity index (χ2n) is 23.2. The lowest BCUT2D eigenvalue weighted by molar-refractivity contribution is -0.233. The lowest BCUT2D eigenvalue weighted by Gasteiger charge is -2.46. The van der Waals surface area contributed by atoms with Crippen LogP contribution in [0.5, 0.6) is 0 Å². The monoisotopic (exact) mass is 1150 g/mol. The van der Waals surface area contributed by atoms with Crippen molar-refractivity contribution < 1.29 is 42.7 Å². The number of aliphatic hydroxyl groups is 1. The molecule has 6 aromatic rings. The molecule has 1 aliphatic rings. The van der Waals surface area contributed by atoms with Crippen LogP contribution in [-0.4, -0.2) is 66.9 Å². The van der Waals surface area contributed by atoms with Gasteiger partial charge in [0.25, 0.3) is 0 Å². The molecule has 8 atom stereocenters. The minimum Gasteiger partial charge on any atom is -0.396 e. The third-order valence-electron chi connectivity index (χ3n) is 16.4. The molecule has 0 unspecified atom stereocenters. The normalized spacial score (nSPS) is 18.1. The van der Waals surface area contributed by atoms with Crippen molar-refractivity contribution in [3.05, 3.63) is 215 Å². The average molecular weight is 1150 g/mol. The highest BCUT2D eigenvalue weighted by Gasteiger charge is 2.48. The molecule has 0 saturated heterocycles. The number of carbonyl (C=O) groups is 1. The highest BCUT2D eigenvalue weighted by Crippen LogP contribution is 2.36. The van der Waals surface area contributed by atoms with E-state index in [4.69, 9.17) is 28.4 Å². The smallest absolute Gasteiger partial charge is 0.220 e. The summed E-state index contributed by atoms with van der Waals surface area (Å²) >= 11 is 0. The molecule has 0 radical (unpaired) electrons. The molecule has 7 rings (SSSR count). The first kappa shape index (κ1) is 66.0. The fourth-order valence-electron chi connectivity index (χ4n) is 11.6. The molecular formula is C74H98FNO8. The van der Waals surface area contributed by atoms with Crippen LogP contribution >= 0.6 is 0 Å².